The molecule has 1 unspecified atom stereocenters. The zero-order chi connectivity index (χ0) is 10.8. The average molecular weight is 243 g/mol. The molecule has 2 rings (SSSR count). The highest BCUT2D eigenvalue weighted by molar-refractivity contribution is 8.15. The van der Waals surface area contributed by atoms with Crippen LogP contribution in [-0.2, 0) is 0 Å². The molecule has 0 aromatic heterocycles. The van der Waals surface area contributed by atoms with Crippen molar-refractivity contribution in [3.8, 4) is 0 Å². The molecule has 15 heavy (non-hydrogen) atoms. The molecule has 0 radical (unpaired) electrons. The molecule has 1 aliphatic heterocycles. The molecule has 0 amide bonds. The van der Waals surface area contributed by atoms with E-state index in [1.807, 2.05) is 0 Å². The van der Waals surface area contributed by atoms with Crippen LogP contribution in [0, 0.1) is 0 Å². The second-order valence-electron chi connectivity index (χ2n) is 3.20. The zero-order valence-corrected chi connectivity index (χ0v) is 9.57. The Balaban J connectivity index is 2.37. The third-order valence-electron chi connectivity index (χ3n) is 2.19. The molecule has 0 spiro atoms. The summed E-state index contributed by atoms with van der Waals surface area (Å²) < 4.78 is 0. The van der Waals surface area contributed by atoms with Crippen molar-refractivity contribution >= 4 is 33.0 Å². The molecule has 1 heterocycles. The number of nitrogens with one attached hydrogen (secondary N) is 1. The predicted octanol–water partition coefficient (Wildman–Crippen LogP) is 1.40. The van der Waals surface area contributed by atoms with Crippen LogP contribution in [0.4, 0.5) is 0 Å². The lowest BCUT2D eigenvalue weighted by Gasteiger charge is -2.05. The number of carbonyl (C=O) groups is 1. The number of nitrogens with two attached hydrogens (primary N) is 1. The highest BCUT2D eigenvalue weighted by atomic mass is 35.5. The van der Waals surface area contributed by atoms with Gasteiger partial charge in [-0.05, 0) is 12.1 Å². The third-order valence-corrected chi connectivity index (χ3v) is 4.02. The lowest BCUT2D eigenvalue weighted by molar-refractivity contribution is 0.106. The third kappa shape index (κ3) is 2.13. The number of hydrogen-bond acceptors (Lipinski definition) is 3. The quantitative estimate of drug-likeness (QED) is 0.609. The van der Waals surface area contributed by atoms with Crippen LogP contribution >= 0.6 is 22.3 Å². The molecule has 1 aromatic rings. The largest absolute Gasteiger partial charge is 0.287 e. The number of ketones is 1. The highest BCUT2D eigenvalue weighted by Crippen LogP contribution is 2.19. The monoisotopic (exact) mass is 242 g/mol. The standard InChI is InChI=1S/C10H11ClN2OS/c11-8-4-2-1-3-7(8)9(14)10-13-5-6-15(10)12/h1-4,13H,5-6,12H2. The minimum absolute atomic E-state index is 0.0797. The fraction of sp³-hybridized carbons (Fsp3) is 0.200. The number of hydrogen-bond donors (Lipinski definition) is 2. The van der Waals surface area contributed by atoms with Crippen molar-refractivity contribution in [3.05, 3.63) is 34.9 Å². The van der Waals surface area contributed by atoms with Gasteiger partial charge in [-0.2, -0.15) is 0 Å². The molecule has 80 valence electrons. The van der Waals surface area contributed by atoms with E-state index in [0.29, 0.717) is 15.6 Å². The van der Waals surface area contributed by atoms with Gasteiger partial charge in [0.1, 0.15) is 4.99 Å². The van der Waals surface area contributed by atoms with Crippen molar-refractivity contribution < 1.29 is 4.79 Å². The fourth-order valence-corrected chi connectivity index (χ4v) is 2.82. The summed E-state index contributed by atoms with van der Waals surface area (Å²) in [6.07, 6.45) is 0. The van der Waals surface area contributed by atoms with E-state index in [0.717, 1.165) is 12.3 Å². The lowest BCUT2D eigenvalue weighted by Crippen LogP contribution is -2.28. The molecule has 1 atom stereocenters. The van der Waals surface area contributed by atoms with Crippen LogP contribution in [0.3, 0.4) is 0 Å². The molecule has 3 N–H and O–H groups in total. The molecular formula is C10H11ClN2OS. The van der Waals surface area contributed by atoms with Crippen molar-refractivity contribution in [2.24, 2.45) is 5.14 Å². The molecular weight excluding hydrogens is 232 g/mol. The van der Waals surface area contributed by atoms with Crippen LogP contribution in [0.1, 0.15) is 10.4 Å². The Morgan fingerprint density at radius 1 is 1.47 bits per heavy atom. The van der Waals surface area contributed by atoms with E-state index in [1.54, 1.807) is 24.3 Å². The van der Waals surface area contributed by atoms with Gasteiger partial charge in [0, 0.05) is 17.9 Å². The Morgan fingerprint density at radius 3 is 2.80 bits per heavy atom. The van der Waals surface area contributed by atoms with Crippen LogP contribution in [0.15, 0.2) is 24.3 Å². The summed E-state index contributed by atoms with van der Waals surface area (Å²) in [5.74, 6) is 0.745. The van der Waals surface area contributed by atoms with E-state index < -0.39 is 10.7 Å². The SMILES string of the molecule is NS1=C(C(=O)c2ccccc2Cl)NCC1. The average Bonchev–Trinajstić information content (AvgIpc) is 2.64. The molecule has 0 fully saturated rings. The van der Waals surface area contributed by atoms with Gasteiger partial charge in [-0.25, -0.2) is 0 Å². The van der Waals surface area contributed by atoms with Crippen molar-refractivity contribution in [2.45, 2.75) is 0 Å². The molecule has 1 aromatic carbocycles. The molecule has 1 aliphatic rings. The van der Waals surface area contributed by atoms with Crippen LogP contribution in [0.5, 0.6) is 0 Å². The minimum atomic E-state index is -0.452. The number of halogens is 1. The van der Waals surface area contributed by atoms with Crippen LogP contribution in [-0.4, -0.2) is 23.1 Å². The Morgan fingerprint density at radius 2 is 2.20 bits per heavy atom. The van der Waals surface area contributed by atoms with E-state index in [9.17, 15) is 4.79 Å². The van der Waals surface area contributed by atoms with Crippen LogP contribution in [0.25, 0.3) is 0 Å². The first kappa shape index (κ1) is 10.8. The van der Waals surface area contributed by atoms with Gasteiger partial charge in [0.15, 0.2) is 0 Å². The van der Waals surface area contributed by atoms with Gasteiger partial charge >= 0.3 is 0 Å². The van der Waals surface area contributed by atoms with Crippen molar-refractivity contribution in [3.63, 3.8) is 0 Å². The van der Waals surface area contributed by atoms with Crippen molar-refractivity contribution in [1.29, 1.82) is 0 Å². The highest BCUT2D eigenvalue weighted by Gasteiger charge is 2.20. The Labute approximate surface area is 95.7 Å². The second-order valence-corrected chi connectivity index (χ2v) is 5.28. The Hall–Kier alpha value is -0.680. The summed E-state index contributed by atoms with van der Waals surface area (Å²) in [5, 5.41) is 9.33. The smallest absolute Gasteiger partial charge is 0.212 e. The number of benzene rings is 1. The Bertz CT molecular complexity index is 445. The topological polar surface area (TPSA) is 55.1 Å². The first-order chi connectivity index (χ1) is 7.20. The zero-order valence-electron chi connectivity index (χ0n) is 8.00. The Kier molecular flexibility index (Phi) is 3.21. The maximum Gasteiger partial charge on any atom is 0.212 e. The first-order valence-electron chi connectivity index (χ1n) is 4.55. The van der Waals surface area contributed by atoms with Gasteiger partial charge in [-0.1, -0.05) is 23.7 Å². The number of carbonyl (C=O) groups excluding carboxylic acids is 1. The van der Waals surface area contributed by atoms with Gasteiger partial charge in [0.05, 0.1) is 5.02 Å². The van der Waals surface area contributed by atoms with Crippen molar-refractivity contribution in [1.82, 2.24) is 5.32 Å². The van der Waals surface area contributed by atoms with Crippen LogP contribution < -0.4 is 10.5 Å². The molecule has 3 nitrogen and oxygen atoms in total. The van der Waals surface area contributed by atoms with Gasteiger partial charge in [-0.15, -0.1) is 10.7 Å². The summed E-state index contributed by atoms with van der Waals surface area (Å²) >= 11 is 5.95. The summed E-state index contributed by atoms with van der Waals surface area (Å²) in [6.45, 7) is 0.769. The normalized spacial score (nSPS) is 20.7. The fourth-order valence-electron chi connectivity index (χ4n) is 1.44. The second kappa shape index (κ2) is 4.45. The van der Waals surface area contributed by atoms with E-state index in [-0.39, 0.29) is 5.78 Å². The predicted molar refractivity (Wildman–Crippen MR) is 65.4 cm³/mol. The first-order valence-corrected chi connectivity index (χ1v) is 6.39. The van der Waals surface area contributed by atoms with Crippen molar-refractivity contribution in [2.75, 3.05) is 12.3 Å². The molecule has 0 saturated carbocycles. The summed E-state index contributed by atoms with van der Waals surface area (Å²) in [4.78, 5) is 12.6. The van der Waals surface area contributed by atoms with E-state index in [2.05, 4.69) is 5.32 Å². The van der Waals surface area contributed by atoms with E-state index >= 15 is 0 Å². The maximum absolute atomic E-state index is 12.0. The van der Waals surface area contributed by atoms with E-state index in [1.165, 1.54) is 0 Å². The molecule has 0 saturated heterocycles. The van der Waals surface area contributed by atoms with E-state index in [4.69, 9.17) is 16.7 Å². The summed E-state index contributed by atoms with van der Waals surface area (Å²) in [6, 6.07) is 7.02. The molecule has 5 heteroatoms. The number of rotatable bonds is 2. The summed E-state index contributed by atoms with van der Waals surface area (Å²) in [5.41, 5.74) is 0.520. The van der Waals surface area contributed by atoms with Gasteiger partial charge < -0.3 is 0 Å². The van der Waals surface area contributed by atoms with Crippen LogP contribution in [0.2, 0.25) is 5.02 Å². The van der Waals surface area contributed by atoms with Gasteiger partial charge in [0.25, 0.3) is 0 Å². The molecule has 0 aliphatic carbocycles. The maximum atomic E-state index is 12.0. The summed E-state index contributed by atoms with van der Waals surface area (Å²) in [7, 11) is -0.452. The van der Waals surface area contributed by atoms with Gasteiger partial charge in [0.2, 0.25) is 5.78 Å². The van der Waals surface area contributed by atoms with Gasteiger partial charge in [-0.3, -0.25) is 15.3 Å². The minimum Gasteiger partial charge on any atom is -0.287 e. The lowest BCUT2D eigenvalue weighted by atomic mass is 10.1. The number of Topliss-reactive ketones (excluding diaryl/α,β-unsaturated/α-hetero) is 1. The molecule has 0 bridgehead atoms.